The zero-order valence-corrected chi connectivity index (χ0v) is 23.5. The lowest BCUT2D eigenvalue weighted by Crippen LogP contribution is -2.42. The Bertz CT molecular complexity index is 1470. The molecule has 0 atom stereocenters. The molecule has 9 nitrogen and oxygen atoms in total. The van der Waals surface area contributed by atoms with Crippen LogP contribution < -0.4 is 10.7 Å². The van der Waals surface area contributed by atoms with Gasteiger partial charge in [-0.15, -0.1) is 0 Å². The second kappa shape index (κ2) is 12.8. The van der Waals surface area contributed by atoms with Crippen LogP contribution in [-0.2, 0) is 32.7 Å². The number of hydrogen-bond donors (Lipinski definition) is 2. The molecule has 1 aromatic heterocycles. The van der Waals surface area contributed by atoms with Crippen LogP contribution in [0.2, 0.25) is 10.0 Å². The maximum Gasteiger partial charge on any atom is 0.329 e. The molecule has 0 bridgehead atoms. The number of sulfonamides is 1. The standard InChI is InChI=1S/C27H28Cl2N4O5S/c1-18-6-11-23(12-7-18)39(36,37)33(16-19-8-13-24(28)25(29)14-19)17-22-10-9-21(38-22)15-30-32-27(35)26(34)31-20-4-2-3-5-20/h6-15,20H,2-5,16-17H2,1H3,(H,31,34)(H,32,35)/b30-15+. The fourth-order valence-corrected chi connectivity index (χ4v) is 5.89. The van der Waals surface area contributed by atoms with Gasteiger partial charge in [-0.05, 0) is 61.7 Å². The van der Waals surface area contributed by atoms with E-state index in [9.17, 15) is 18.0 Å². The van der Waals surface area contributed by atoms with Crippen molar-refractivity contribution in [2.75, 3.05) is 0 Å². The van der Waals surface area contributed by atoms with Crippen LogP contribution in [0.5, 0.6) is 0 Å². The molecule has 4 rings (SSSR count). The minimum atomic E-state index is -3.91. The summed E-state index contributed by atoms with van der Waals surface area (Å²) in [4.78, 5) is 24.1. The molecule has 1 aliphatic rings. The Hall–Kier alpha value is -3.18. The lowest BCUT2D eigenvalue weighted by atomic mass is 10.2. The molecular weight excluding hydrogens is 563 g/mol. The number of benzene rings is 2. The average Bonchev–Trinajstić information content (AvgIpc) is 3.58. The molecule has 0 spiro atoms. The molecule has 1 fully saturated rings. The topological polar surface area (TPSA) is 121 Å². The lowest BCUT2D eigenvalue weighted by molar-refractivity contribution is -0.139. The molecule has 0 aliphatic heterocycles. The van der Waals surface area contributed by atoms with Crippen LogP contribution in [0.15, 0.2) is 69.0 Å². The van der Waals surface area contributed by atoms with Gasteiger partial charge in [-0.2, -0.15) is 9.41 Å². The van der Waals surface area contributed by atoms with Crippen molar-refractivity contribution in [3.05, 3.63) is 87.3 Å². The largest absolute Gasteiger partial charge is 0.459 e. The monoisotopic (exact) mass is 590 g/mol. The van der Waals surface area contributed by atoms with E-state index in [4.69, 9.17) is 27.6 Å². The van der Waals surface area contributed by atoms with E-state index in [1.807, 2.05) is 6.92 Å². The number of carbonyl (C=O) groups is 2. The predicted octanol–water partition coefficient (Wildman–Crippen LogP) is 4.79. The third-order valence-electron chi connectivity index (χ3n) is 6.27. The molecule has 12 heteroatoms. The molecule has 39 heavy (non-hydrogen) atoms. The highest BCUT2D eigenvalue weighted by atomic mass is 35.5. The Morgan fingerprint density at radius 1 is 1.00 bits per heavy atom. The van der Waals surface area contributed by atoms with Crippen molar-refractivity contribution in [1.29, 1.82) is 0 Å². The van der Waals surface area contributed by atoms with Gasteiger partial charge in [-0.3, -0.25) is 9.59 Å². The van der Waals surface area contributed by atoms with E-state index in [-0.39, 0.29) is 29.8 Å². The minimum absolute atomic E-state index is 0.0166. The normalized spacial score (nSPS) is 14.3. The van der Waals surface area contributed by atoms with Crippen LogP contribution in [0.1, 0.15) is 48.3 Å². The van der Waals surface area contributed by atoms with Crippen molar-refractivity contribution in [2.24, 2.45) is 5.10 Å². The summed E-state index contributed by atoms with van der Waals surface area (Å²) in [7, 11) is -3.91. The third kappa shape index (κ3) is 7.69. The lowest BCUT2D eigenvalue weighted by Gasteiger charge is -2.22. The number of amides is 2. The molecule has 0 radical (unpaired) electrons. The van der Waals surface area contributed by atoms with E-state index in [1.54, 1.807) is 54.6 Å². The molecule has 206 valence electrons. The predicted molar refractivity (Wildman–Crippen MR) is 149 cm³/mol. The van der Waals surface area contributed by atoms with Gasteiger partial charge in [0, 0.05) is 12.6 Å². The summed E-state index contributed by atoms with van der Waals surface area (Å²) < 4.78 is 34.1. The van der Waals surface area contributed by atoms with Gasteiger partial charge in [0.05, 0.1) is 27.7 Å². The molecule has 0 unspecified atom stereocenters. The quantitative estimate of drug-likeness (QED) is 0.211. The van der Waals surface area contributed by atoms with E-state index in [0.29, 0.717) is 21.4 Å². The van der Waals surface area contributed by atoms with E-state index in [0.717, 1.165) is 31.2 Å². The Morgan fingerprint density at radius 2 is 1.72 bits per heavy atom. The fourth-order valence-electron chi connectivity index (χ4n) is 4.18. The molecule has 1 aliphatic carbocycles. The van der Waals surface area contributed by atoms with E-state index >= 15 is 0 Å². The van der Waals surface area contributed by atoms with Gasteiger partial charge in [0.25, 0.3) is 0 Å². The number of nitrogens with one attached hydrogen (secondary N) is 2. The Balaban J connectivity index is 1.46. The first-order chi connectivity index (χ1) is 18.6. The van der Waals surface area contributed by atoms with Gasteiger partial charge in [0.2, 0.25) is 10.0 Å². The highest BCUT2D eigenvalue weighted by molar-refractivity contribution is 7.89. The second-order valence-electron chi connectivity index (χ2n) is 9.29. The number of hydrazone groups is 1. The van der Waals surface area contributed by atoms with E-state index < -0.39 is 21.8 Å². The number of aryl methyl sites for hydroxylation is 1. The zero-order valence-electron chi connectivity index (χ0n) is 21.2. The minimum Gasteiger partial charge on any atom is -0.459 e. The van der Waals surface area contributed by atoms with Crippen molar-refractivity contribution in [3.8, 4) is 0 Å². The summed E-state index contributed by atoms with van der Waals surface area (Å²) in [6.45, 7) is 1.81. The first-order valence-electron chi connectivity index (χ1n) is 12.3. The number of hydrogen-bond acceptors (Lipinski definition) is 6. The summed E-state index contributed by atoms with van der Waals surface area (Å²) >= 11 is 12.2. The summed E-state index contributed by atoms with van der Waals surface area (Å²) in [5, 5.41) is 7.15. The van der Waals surface area contributed by atoms with Crippen molar-refractivity contribution < 1.29 is 22.4 Å². The van der Waals surface area contributed by atoms with Crippen molar-refractivity contribution in [3.63, 3.8) is 0 Å². The zero-order chi connectivity index (χ0) is 28.0. The van der Waals surface area contributed by atoms with Crippen LogP contribution in [0.4, 0.5) is 0 Å². The number of nitrogens with zero attached hydrogens (tertiary/aromatic N) is 2. The molecule has 1 saturated carbocycles. The number of halogens is 2. The smallest absolute Gasteiger partial charge is 0.329 e. The van der Waals surface area contributed by atoms with Gasteiger partial charge < -0.3 is 9.73 Å². The van der Waals surface area contributed by atoms with Gasteiger partial charge in [-0.25, -0.2) is 13.8 Å². The molecular formula is C27H28Cl2N4O5S. The summed E-state index contributed by atoms with van der Waals surface area (Å²) in [6.07, 6.45) is 5.02. The summed E-state index contributed by atoms with van der Waals surface area (Å²) in [5.41, 5.74) is 3.76. The van der Waals surface area contributed by atoms with Crippen LogP contribution in [0.25, 0.3) is 0 Å². The van der Waals surface area contributed by atoms with Crippen molar-refractivity contribution in [1.82, 2.24) is 15.0 Å². The van der Waals surface area contributed by atoms with Crippen LogP contribution in [0, 0.1) is 6.92 Å². The maximum absolute atomic E-state index is 13.6. The van der Waals surface area contributed by atoms with Crippen LogP contribution in [0.3, 0.4) is 0 Å². The number of rotatable bonds is 9. The Kier molecular flexibility index (Phi) is 9.45. The molecule has 3 aromatic rings. The molecule has 2 aromatic carbocycles. The Labute approximate surface area is 237 Å². The fraction of sp³-hybridized carbons (Fsp3) is 0.296. The van der Waals surface area contributed by atoms with Gasteiger partial charge in [0.1, 0.15) is 11.5 Å². The number of carbonyl (C=O) groups excluding carboxylic acids is 2. The highest BCUT2D eigenvalue weighted by Gasteiger charge is 2.26. The molecule has 0 saturated heterocycles. The Morgan fingerprint density at radius 3 is 2.41 bits per heavy atom. The van der Waals surface area contributed by atoms with E-state index in [1.165, 1.54) is 10.5 Å². The number of furan rings is 1. The molecule has 1 heterocycles. The van der Waals surface area contributed by atoms with Gasteiger partial charge in [0.15, 0.2) is 0 Å². The SMILES string of the molecule is Cc1ccc(S(=O)(=O)N(Cc2ccc(Cl)c(Cl)c2)Cc2ccc(/C=N/NC(=O)C(=O)NC3CCCC3)o2)cc1. The summed E-state index contributed by atoms with van der Waals surface area (Å²) in [5.74, 6) is -0.999. The van der Waals surface area contributed by atoms with Gasteiger partial charge in [-0.1, -0.05) is 59.8 Å². The van der Waals surface area contributed by atoms with E-state index in [2.05, 4.69) is 15.8 Å². The third-order valence-corrected chi connectivity index (χ3v) is 8.82. The van der Waals surface area contributed by atoms with Gasteiger partial charge >= 0.3 is 11.8 Å². The van der Waals surface area contributed by atoms with Crippen LogP contribution >= 0.6 is 23.2 Å². The highest BCUT2D eigenvalue weighted by Crippen LogP contribution is 2.26. The molecule has 2 N–H and O–H groups in total. The summed E-state index contributed by atoms with van der Waals surface area (Å²) in [6, 6.07) is 14.7. The van der Waals surface area contributed by atoms with Crippen LogP contribution in [-0.4, -0.2) is 36.8 Å². The first-order valence-corrected chi connectivity index (χ1v) is 14.5. The first kappa shape index (κ1) is 28.8. The average molecular weight is 592 g/mol. The van der Waals surface area contributed by atoms with Crippen molar-refractivity contribution in [2.45, 2.75) is 56.6 Å². The van der Waals surface area contributed by atoms with Crippen molar-refractivity contribution >= 4 is 51.3 Å². The maximum atomic E-state index is 13.6. The second-order valence-corrected chi connectivity index (χ2v) is 12.0. The molecule has 2 amide bonds.